The molecule has 1 aromatic carbocycles. The largest absolute Gasteiger partial charge is 0.269 e. The van der Waals surface area contributed by atoms with Crippen LogP contribution in [0.1, 0.15) is 24.8 Å². The highest BCUT2D eigenvalue weighted by Crippen LogP contribution is 2.27. The molecule has 2 rings (SSSR count). The molecule has 1 aromatic rings. The lowest BCUT2D eigenvalue weighted by Crippen LogP contribution is -1.96. The van der Waals surface area contributed by atoms with Crippen LogP contribution in [0, 0.1) is 0 Å². The Labute approximate surface area is 78.8 Å². The van der Waals surface area contributed by atoms with E-state index in [1.807, 2.05) is 12.4 Å². The summed E-state index contributed by atoms with van der Waals surface area (Å²) in [5.74, 6) is 0.503. The third-order valence-electron chi connectivity index (χ3n) is 2.53. The van der Waals surface area contributed by atoms with E-state index in [9.17, 15) is 0 Å². The number of hydrogen-bond acceptors (Lipinski definition) is 1. The van der Waals surface area contributed by atoms with Crippen molar-refractivity contribution in [1.82, 2.24) is 0 Å². The number of allylic oxidation sites excluding steroid dienone is 1. The Hall–Kier alpha value is -1.37. The van der Waals surface area contributed by atoms with Crippen molar-refractivity contribution in [3.8, 4) is 0 Å². The van der Waals surface area contributed by atoms with E-state index in [4.69, 9.17) is 0 Å². The first-order chi connectivity index (χ1) is 6.38. The van der Waals surface area contributed by atoms with E-state index in [-0.39, 0.29) is 0 Å². The molecule has 1 heterocycles. The molecular formula is C12H13N. The number of nitrogens with zero attached hydrogens (tertiary/aromatic N) is 1. The minimum Gasteiger partial charge on any atom is -0.269 e. The van der Waals surface area contributed by atoms with Gasteiger partial charge in [0.15, 0.2) is 0 Å². The molecule has 0 spiro atoms. The van der Waals surface area contributed by atoms with Gasteiger partial charge in [-0.25, -0.2) is 0 Å². The number of benzene rings is 1. The Morgan fingerprint density at radius 2 is 2.00 bits per heavy atom. The highest BCUT2D eigenvalue weighted by Gasteiger charge is 2.11. The zero-order chi connectivity index (χ0) is 9.10. The predicted octanol–water partition coefficient (Wildman–Crippen LogP) is 3.15. The molecule has 1 aliphatic rings. The summed E-state index contributed by atoms with van der Waals surface area (Å²) in [5.41, 5.74) is 2.78. The Balaban J connectivity index is 2.18. The van der Waals surface area contributed by atoms with Gasteiger partial charge in [0.1, 0.15) is 0 Å². The summed E-state index contributed by atoms with van der Waals surface area (Å²) in [4.78, 5) is 4.12. The van der Waals surface area contributed by atoms with Gasteiger partial charge in [0.05, 0.1) is 0 Å². The monoisotopic (exact) mass is 171 g/mol. The molecule has 1 heteroatoms. The lowest BCUT2D eigenvalue weighted by atomic mass is 9.93. The van der Waals surface area contributed by atoms with Gasteiger partial charge in [-0.15, -0.1) is 0 Å². The van der Waals surface area contributed by atoms with Gasteiger partial charge in [0.2, 0.25) is 0 Å². The van der Waals surface area contributed by atoms with Crippen molar-refractivity contribution < 1.29 is 0 Å². The van der Waals surface area contributed by atoms with Crippen LogP contribution < -0.4 is 0 Å². The van der Waals surface area contributed by atoms with E-state index in [1.54, 1.807) is 0 Å². The highest BCUT2D eigenvalue weighted by atomic mass is 14.7. The van der Waals surface area contributed by atoms with E-state index in [2.05, 4.69) is 42.2 Å². The molecule has 0 radical (unpaired) electrons. The van der Waals surface area contributed by atoms with Crippen LogP contribution in [-0.4, -0.2) is 6.21 Å². The van der Waals surface area contributed by atoms with Gasteiger partial charge in [-0.1, -0.05) is 37.3 Å². The summed E-state index contributed by atoms with van der Waals surface area (Å²) in [6, 6.07) is 10.6. The molecule has 13 heavy (non-hydrogen) atoms. The maximum atomic E-state index is 4.12. The fourth-order valence-corrected chi connectivity index (χ4v) is 1.60. The van der Waals surface area contributed by atoms with Crippen LogP contribution in [-0.2, 0) is 0 Å². The first-order valence-corrected chi connectivity index (χ1v) is 4.63. The Bertz CT molecular complexity index is 335. The Kier molecular flexibility index (Phi) is 2.26. The number of aliphatic imine (C=N–C) groups is 1. The van der Waals surface area contributed by atoms with E-state index in [1.165, 1.54) is 11.1 Å². The molecule has 0 saturated heterocycles. The summed E-state index contributed by atoms with van der Waals surface area (Å²) in [6.45, 7) is 2.23. The first kappa shape index (κ1) is 8.24. The molecule has 0 saturated carbocycles. The zero-order valence-electron chi connectivity index (χ0n) is 7.77. The van der Waals surface area contributed by atoms with Gasteiger partial charge in [-0.3, -0.25) is 4.99 Å². The lowest BCUT2D eigenvalue weighted by molar-refractivity contribution is 0.880. The van der Waals surface area contributed by atoms with Crippen molar-refractivity contribution in [3.63, 3.8) is 0 Å². The fourth-order valence-electron chi connectivity index (χ4n) is 1.60. The van der Waals surface area contributed by atoms with Crippen molar-refractivity contribution in [2.45, 2.75) is 19.3 Å². The van der Waals surface area contributed by atoms with Crippen molar-refractivity contribution in [1.29, 1.82) is 0 Å². The summed E-state index contributed by atoms with van der Waals surface area (Å²) in [5, 5.41) is 0. The van der Waals surface area contributed by atoms with Crippen LogP contribution in [0.3, 0.4) is 0 Å². The van der Waals surface area contributed by atoms with E-state index in [0.29, 0.717) is 5.92 Å². The van der Waals surface area contributed by atoms with Gasteiger partial charge < -0.3 is 0 Å². The van der Waals surface area contributed by atoms with Gasteiger partial charge in [-0.2, -0.15) is 0 Å². The molecule has 1 atom stereocenters. The maximum absolute atomic E-state index is 4.12. The molecule has 0 amide bonds. The van der Waals surface area contributed by atoms with Crippen LogP contribution in [0.15, 0.2) is 47.1 Å². The predicted molar refractivity (Wildman–Crippen MR) is 56.0 cm³/mol. The Morgan fingerprint density at radius 1 is 1.23 bits per heavy atom. The van der Waals surface area contributed by atoms with Gasteiger partial charge in [0, 0.05) is 24.8 Å². The number of hydrogen-bond donors (Lipinski definition) is 0. The van der Waals surface area contributed by atoms with Gasteiger partial charge in [0.25, 0.3) is 0 Å². The van der Waals surface area contributed by atoms with Gasteiger partial charge in [-0.05, 0) is 11.1 Å². The van der Waals surface area contributed by atoms with E-state index < -0.39 is 0 Å². The fraction of sp³-hybridized carbons (Fsp3) is 0.250. The summed E-state index contributed by atoms with van der Waals surface area (Å²) >= 11 is 0. The van der Waals surface area contributed by atoms with Crippen LogP contribution in [0.4, 0.5) is 0 Å². The average Bonchev–Trinajstić information content (AvgIpc) is 2.71. The van der Waals surface area contributed by atoms with Crippen molar-refractivity contribution in [2.75, 3.05) is 0 Å². The second kappa shape index (κ2) is 3.56. The quantitative estimate of drug-likeness (QED) is 0.648. The zero-order valence-corrected chi connectivity index (χ0v) is 7.77. The SMILES string of the molecule is CC(C1=CN=CC1)c1ccccc1. The third-order valence-corrected chi connectivity index (χ3v) is 2.53. The standard InChI is InChI=1S/C12H13N/c1-10(12-7-8-13-9-12)11-5-3-2-4-6-11/h2-6,8-10H,7H2,1H3. The molecule has 1 unspecified atom stereocenters. The summed E-state index contributed by atoms with van der Waals surface area (Å²) in [7, 11) is 0. The molecule has 0 N–H and O–H groups in total. The minimum absolute atomic E-state index is 0.503. The molecule has 0 bridgehead atoms. The van der Waals surface area contributed by atoms with Crippen molar-refractivity contribution in [2.24, 2.45) is 4.99 Å². The second-order valence-electron chi connectivity index (χ2n) is 3.37. The molecule has 66 valence electrons. The van der Waals surface area contributed by atoms with Crippen LogP contribution in [0.5, 0.6) is 0 Å². The van der Waals surface area contributed by atoms with Crippen LogP contribution in [0.25, 0.3) is 0 Å². The smallest absolute Gasteiger partial charge is 0.0265 e. The normalized spacial score (nSPS) is 17.2. The first-order valence-electron chi connectivity index (χ1n) is 4.63. The number of rotatable bonds is 2. The lowest BCUT2D eigenvalue weighted by Gasteiger charge is -2.11. The average molecular weight is 171 g/mol. The van der Waals surface area contributed by atoms with Crippen LogP contribution >= 0.6 is 0 Å². The maximum Gasteiger partial charge on any atom is 0.0265 e. The van der Waals surface area contributed by atoms with Gasteiger partial charge >= 0.3 is 0 Å². The minimum atomic E-state index is 0.503. The second-order valence-corrected chi connectivity index (χ2v) is 3.37. The molecule has 1 aliphatic heterocycles. The van der Waals surface area contributed by atoms with E-state index >= 15 is 0 Å². The third kappa shape index (κ3) is 1.69. The summed E-state index contributed by atoms with van der Waals surface area (Å²) in [6.07, 6.45) is 4.96. The van der Waals surface area contributed by atoms with Crippen LogP contribution in [0.2, 0.25) is 0 Å². The molecule has 1 nitrogen and oxygen atoms in total. The molecular weight excluding hydrogens is 158 g/mol. The molecule has 0 fully saturated rings. The van der Waals surface area contributed by atoms with Crippen molar-refractivity contribution in [3.05, 3.63) is 47.7 Å². The summed E-state index contributed by atoms with van der Waals surface area (Å²) < 4.78 is 0. The van der Waals surface area contributed by atoms with Crippen molar-refractivity contribution >= 4 is 6.21 Å². The van der Waals surface area contributed by atoms with E-state index in [0.717, 1.165) is 6.42 Å². The molecule has 0 aromatic heterocycles. The highest BCUT2D eigenvalue weighted by molar-refractivity contribution is 5.66. The topological polar surface area (TPSA) is 12.4 Å². The molecule has 0 aliphatic carbocycles. The Morgan fingerprint density at radius 3 is 2.62 bits per heavy atom.